The Kier molecular flexibility index (Phi) is 8.26. The number of carbonyl (C=O) groups is 2. The number of hydrogen-bond acceptors (Lipinski definition) is 5. The van der Waals surface area contributed by atoms with Crippen LogP contribution in [0.5, 0.6) is 0 Å². The molecule has 6 nitrogen and oxygen atoms in total. The molecule has 0 saturated heterocycles. The average molecular weight is 442 g/mol. The van der Waals surface area contributed by atoms with E-state index in [-0.39, 0.29) is 24.0 Å². The first-order valence-corrected chi connectivity index (χ1v) is 10.8. The number of hydrogen-bond donors (Lipinski definition) is 2. The Morgan fingerprint density at radius 2 is 1.87 bits per heavy atom. The number of thiazole rings is 1. The van der Waals surface area contributed by atoms with Crippen molar-refractivity contribution >= 4 is 28.3 Å². The highest BCUT2D eigenvalue weighted by Crippen LogP contribution is 2.18. The van der Waals surface area contributed by atoms with E-state index in [9.17, 15) is 14.0 Å². The third-order valence-corrected chi connectivity index (χ3v) is 5.32. The summed E-state index contributed by atoms with van der Waals surface area (Å²) in [4.78, 5) is 28.5. The average Bonchev–Trinajstić information content (AvgIpc) is 3.20. The van der Waals surface area contributed by atoms with Gasteiger partial charge in [-0.15, -0.1) is 11.3 Å². The number of carbonyl (C=O) groups excluding carboxylic acids is 2. The molecule has 0 aliphatic carbocycles. The number of nitrogens with one attached hydrogen (secondary N) is 2. The van der Waals surface area contributed by atoms with Crippen LogP contribution in [0.3, 0.4) is 0 Å². The van der Waals surface area contributed by atoms with Crippen molar-refractivity contribution in [3.8, 4) is 0 Å². The van der Waals surface area contributed by atoms with Crippen LogP contribution in [-0.4, -0.2) is 29.9 Å². The third-order valence-electron chi connectivity index (χ3n) is 4.51. The summed E-state index contributed by atoms with van der Waals surface area (Å²) in [5.74, 6) is -1.33. The molecule has 1 heterocycles. The maximum Gasteiger partial charge on any atom is 0.260 e. The van der Waals surface area contributed by atoms with Crippen molar-refractivity contribution in [2.24, 2.45) is 0 Å². The predicted molar refractivity (Wildman–Crippen MR) is 119 cm³/mol. The molecule has 0 radical (unpaired) electrons. The van der Waals surface area contributed by atoms with Crippen molar-refractivity contribution in [1.82, 2.24) is 10.3 Å². The van der Waals surface area contributed by atoms with E-state index in [1.807, 2.05) is 37.3 Å². The molecule has 8 heteroatoms. The number of benzene rings is 2. The molecule has 31 heavy (non-hydrogen) atoms. The van der Waals surface area contributed by atoms with Gasteiger partial charge in [0.1, 0.15) is 5.82 Å². The van der Waals surface area contributed by atoms with Gasteiger partial charge in [0.2, 0.25) is 5.91 Å². The van der Waals surface area contributed by atoms with Crippen LogP contribution in [0.15, 0.2) is 60.0 Å². The molecule has 0 fully saturated rings. The van der Waals surface area contributed by atoms with Crippen LogP contribution in [-0.2, 0) is 16.0 Å². The fourth-order valence-corrected chi connectivity index (χ4v) is 3.57. The number of nitrogens with zero attached hydrogens (tertiary/aromatic N) is 1. The fourth-order valence-electron chi connectivity index (χ4n) is 2.86. The van der Waals surface area contributed by atoms with Crippen LogP contribution in [0, 0.1) is 5.82 Å². The van der Waals surface area contributed by atoms with Crippen molar-refractivity contribution in [3.63, 3.8) is 0 Å². The van der Waals surface area contributed by atoms with Crippen molar-refractivity contribution in [2.75, 3.05) is 18.5 Å². The summed E-state index contributed by atoms with van der Waals surface area (Å²) in [6, 6.07) is 15.7. The van der Waals surface area contributed by atoms with E-state index in [0.29, 0.717) is 30.4 Å². The standard InChI is InChI=1S/C23H24FN3O3S/c1-16(17-8-3-2-4-9-17)30-13-7-12-25-21(28)14-18-15-31-23(26-18)27-22(29)19-10-5-6-11-20(19)24/h2-6,8-11,15-16H,7,12-14H2,1H3,(H,25,28)(H,26,27,29). The summed E-state index contributed by atoms with van der Waals surface area (Å²) < 4.78 is 19.5. The maximum atomic E-state index is 13.7. The van der Waals surface area contributed by atoms with Crippen LogP contribution >= 0.6 is 11.3 Å². The summed E-state index contributed by atoms with van der Waals surface area (Å²) in [6.45, 7) is 3.04. The minimum Gasteiger partial charge on any atom is -0.374 e. The lowest BCUT2D eigenvalue weighted by molar-refractivity contribution is -0.120. The number of ether oxygens (including phenoxy) is 1. The Morgan fingerprint density at radius 1 is 1.13 bits per heavy atom. The first kappa shape index (κ1) is 22.6. The minimum absolute atomic E-state index is 0.00454. The Bertz CT molecular complexity index is 1010. The predicted octanol–water partition coefficient (Wildman–Crippen LogP) is 4.36. The summed E-state index contributed by atoms with van der Waals surface area (Å²) in [7, 11) is 0. The number of rotatable bonds is 10. The number of amides is 2. The summed E-state index contributed by atoms with van der Waals surface area (Å²) in [5.41, 5.74) is 1.61. The zero-order chi connectivity index (χ0) is 22.1. The molecule has 0 saturated carbocycles. The van der Waals surface area contributed by atoms with E-state index in [1.54, 1.807) is 11.4 Å². The monoisotopic (exact) mass is 441 g/mol. The molecule has 1 atom stereocenters. The van der Waals surface area contributed by atoms with Crippen LogP contribution in [0.4, 0.5) is 9.52 Å². The first-order chi connectivity index (χ1) is 15.0. The van der Waals surface area contributed by atoms with Gasteiger partial charge >= 0.3 is 0 Å². The SMILES string of the molecule is CC(OCCCNC(=O)Cc1csc(NC(=O)c2ccccc2F)n1)c1ccccc1. The van der Waals surface area contributed by atoms with E-state index in [0.717, 1.165) is 5.56 Å². The Balaban J connectivity index is 1.36. The second-order valence-electron chi connectivity index (χ2n) is 6.88. The van der Waals surface area contributed by atoms with Crippen LogP contribution in [0.2, 0.25) is 0 Å². The van der Waals surface area contributed by atoms with Gasteiger partial charge in [0, 0.05) is 18.5 Å². The highest BCUT2D eigenvalue weighted by Gasteiger charge is 2.14. The molecular weight excluding hydrogens is 417 g/mol. The van der Waals surface area contributed by atoms with Crippen LogP contribution in [0.1, 0.15) is 41.1 Å². The Labute approximate surface area is 184 Å². The molecule has 1 aromatic heterocycles. The molecule has 2 amide bonds. The highest BCUT2D eigenvalue weighted by molar-refractivity contribution is 7.14. The summed E-state index contributed by atoms with van der Waals surface area (Å²) in [6.07, 6.45) is 0.807. The van der Waals surface area contributed by atoms with Gasteiger partial charge in [-0.3, -0.25) is 14.9 Å². The largest absolute Gasteiger partial charge is 0.374 e. The third kappa shape index (κ3) is 6.97. The van der Waals surface area contributed by atoms with E-state index >= 15 is 0 Å². The van der Waals surface area contributed by atoms with Crippen molar-refractivity contribution in [3.05, 3.63) is 82.6 Å². The first-order valence-electron chi connectivity index (χ1n) is 9.96. The Hall–Kier alpha value is -3.10. The van der Waals surface area contributed by atoms with Crippen molar-refractivity contribution in [2.45, 2.75) is 25.9 Å². The zero-order valence-electron chi connectivity index (χ0n) is 17.1. The molecule has 0 spiro atoms. The van der Waals surface area contributed by atoms with Gasteiger partial charge in [0.25, 0.3) is 5.91 Å². The zero-order valence-corrected chi connectivity index (χ0v) is 18.0. The highest BCUT2D eigenvalue weighted by atomic mass is 32.1. The summed E-state index contributed by atoms with van der Waals surface area (Å²) >= 11 is 1.19. The molecular formula is C23H24FN3O3S. The van der Waals surface area contributed by atoms with E-state index in [4.69, 9.17) is 4.74 Å². The second-order valence-corrected chi connectivity index (χ2v) is 7.74. The van der Waals surface area contributed by atoms with Gasteiger partial charge in [-0.1, -0.05) is 42.5 Å². The molecule has 0 aliphatic rings. The van der Waals surface area contributed by atoms with Gasteiger partial charge in [-0.05, 0) is 31.0 Å². The molecule has 1 unspecified atom stereocenters. The topological polar surface area (TPSA) is 80.3 Å². The quantitative estimate of drug-likeness (QED) is 0.458. The van der Waals surface area contributed by atoms with Gasteiger partial charge < -0.3 is 10.1 Å². The fraction of sp³-hybridized carbons (Fsp3) is 0.261. The van der Waals surface area contributed by atoms with Crippen molar-refractivity contribution in [1.29, 1.82) is 0 Å². The van der Waals surface area contributed by atoms with Gasteiger partial charge in [-0.2, -0.15) is 0 Å². The lowest BCUT2D eigenvalue weighted by Crippen LogP contribution is -2.27. The molecule has 3 rings (SSSR count). The molecule has 0 aliphatic heterocycles. The summed E-state index contributed by atoms with van der Waals surface area (Å²) in [5, 5.41) is 7.41. The van der Waals surface area contributed by atoms with E-state index in [2.05, 4.69) is 15.6 Å². The molecule has 2 aromatic carbocycles. The van der Waals surface area contributed by atoms with Crippen LogP contribution in [0.25, 0.3) is 0 Å². The normalized spacial score (nSPS) is 11.7. The maximum absolute atomic E-state index is 13.7. The van der Waals surface area contributed by atoms with Gasteiger partial charge in [0.15, 0.2) is 5.13 Å². The molecule has 2 N–H and O–H groups in total. The molecule has 162 valence electrons. The number of anilines is 1. The van der Waals surface area contributed by atoms with Crippen LogP contribution < -0.4 is 10.6 Å². The second kappa shape index (κ2) is 11.3. The lowest BCUT2D eigenvalue weighted by atomic mass is 10.1. The van der Waals surface area contributed by atoms with Gasteiger partial charge in [-0.25, -0.2) is 9.37 Å². The lowest BCUT2D eigenvalue weighted by Gasteiger charge is -2.13. The molecule has 0 bridgehead atoms. The number of aromatic nitrogens is 1. The Morgan fingerprint density at radius 3 is 2.65 bits per heavy atom. The minimum atomic E-state index is -0.599. The molecule has 3 aromatic rings. The number of halogens is 1. The van der Waals surface area contributed by atoms with Crippen molar-refractivity contribution < 1.29 is 18.7 Å². The smallest absolute Gasteiger partial charge is 0.260 e. The van der Waals surface area contributed by atoms with Gasteiger partial charge in [0.05, 0.1) is 23.8 Å². The van der Waals surface area contributed by atoms with E-state index < -0.39 is 11.7 Å². The van der Waals surface area contributed by atoms with E-state index in [1.165, 1.54) is 29.5 Å².